The van der Waals surface area contributed by atoms with Crippen molar-refractivity contribution in [2.75, 3.05) is 37.7 Å². The van der Waals surface area contributed by atoms with E-state index >= 15 is 0 Å². The highest BCUT2D eigenvalue weighted by molar-refractivity contribution is 9.10. The third-order valence-electron chi connectivity index (χ3n) is 7.26. The van der Waals surface area contributed by atoms with Crippen molar-refractivity contribution in [3.8, 4) is 0 Å². The molecule has 0 radical (unpaired) electrons. The van der Waals surface area contributed by atoms with E-state index in [2.05, 4.69) is 54.3 Å². The number of aromatic nitrogens is 2. The highest BCUT2D eigenvalue weighted by Crippen LogP contribution is 2.29. The molecule has 5 rings (SSSR count). The number of fused-ring (bicyclic) bond motifs is 1. The second-order valence-corrected chi connectivity index (χ2v) is 10.4. The van der Waals surface area contributed by atoms with Gasteiger partial charge in [-0.25, -0.2) is 14.4 Å². The molecule has 4 heterocycles. The highest BCUT2D eigenvalue weighted by Gasteiger charge is 2.31. The molecule has 0 saturated carbocycles. The number of hydrogen-bond acceptors (Lipinski definition) is 6. The number of carbonyl (C=O) groups excluding carboxylic acids is 1. The largest absolute Gasteiger partial charge is 0.378 e. The minimum Gasteiger partial charge on any atom is -0.378 e. The number of anilines is 1. The van der Waals surface area contributed by atoms with E-state index in [0.29, 0.717) is 31.8 Å². The summed E-state index contributed by atoms with van der Waals surface area (Å²) >= 11 is 3.57. The number of rotatable bonds is 4. The number of likely N-dealkylation sites (tertiary alicyclic amines) is 1. The van der Waals surface area contributed by atoms with Crippen molar-refractivity contribution in [2.24, 2.45) is 0 Å². The first-order valence-corrected chi connectivity index (χ1v) is 12.9. The first-order chi connectivity index (χ1) is 16.5. The Morgan fingerprint density at radius 2 is 2.00 bits per heavy atom. The van der Waals surface area contributed by atoms with E-state index in [1.807, 2.05) is 11.8 Å². The first-order valence-electron chi connectivity index (χ1n) is 12.1. The van der Waals surface area contributed by atoms with Gasteiger partial charge in [0.05, 0.1) is 6.61 Å². The number of piperidine rings is 1. The highest BCUT2D eigenvalue weighted by atomic mass is 79.9. The van der Waals surface area contributed by atoms with Crippen LogP contribution in [-0.4, -0.2) is 71.9 Å². The molecule has 182 valence electrons. The van der Waals surface area contributed by atoms with Crippen molar-refractivity contribution in [3.63, 3.8) is 0 Å². The zero-order valence-corrected chi connectivity index (χ0v) is 21.1. The molecular formula is C25H31BrFN5O2. The van der Waals surface area contributed by atoms with E-state index in [0.717, 1.165) is 48.2 Å². The maximum atomic E-state index is 14.1. The lowest BCUT2D eigenvalue weighted by Gasteiger charge is -2.36. The predicted molar refractivity (Wildman–Crippen MR) is 132 cm³/mol. The van der Waals surface area contributed by atoms with Gasteiger partial charge in [-0.3, -0.25) is 4.79 Å². The topological polar surface area (TPSA) is 70.6 Å². The normalized spacial score (nSPS) is 23.6. The van der Waals surface area contributed by atoms with Crippen LogP contribution in [0.2, 0.25) is 0 Å². The fourth-order valence-corrected chi connectivity index (χ4v) is 5.68. The molecule has 1 amide bonds. The van der Waals surface area contributed by atoms with Crippen LogP contribution in [0.25, 0.3) is 0 Å². The van der Waals surface area contributed by atoms with Crippen LogP contribution >= 0.6 is 15.9 Å². The molecule has 0 unspecified atom stereocenters. The van der Waals surface area contributed by atoms with Gasteiger partial charge in [0.15, 0.2) is 0 Å². The summed E-state index contributed by atoms with van der Waals surface area (Å²) in [4.78, 5) is 26.4. The number of halogens is 2. The Bertz CT molecular complexity index is 1050. The Kier molecular flexibility index (Phi) is 7.13. The number of hydrogen-bond donors (Lipinski definition) is 1. The standard InChI is InChI=1S/C25H31BrFN5O2/c1-16-23(25(33)31-9-5-20(6-10-31)30-22-7-11-34-14-21(22)27)28-15-29-24(16)32-8-4-17-2-3-19(26)12-18(17)13-32/h2-3,12,15,20-22,30H,4-11,13-14H2,1H3/t21-,22+/m0/s1. The maximum Gasteiger partial charge on any atom is 0.272 e. The van der Waals surface area contributed by atoms with E-state index in [1.54, 1.807) is 0 Å². The summed E-state index contributed by atoms with van der Waals surface area (Å²) in [5.41, 5.74) is 3.94. The summed E-state index contributed by atoms with van der Waals surface area (Å²) in [6.45, 7) is 5.62. The molecule has 2 atom stereocenters. The quantitative estimate of drug-likeness (QED) is 0.651. The zero-order valence-electron chi connectivity index (χ0n) is 19.5. The van der Waals surface area contributed by atoms with Gasteiger partial charge in [-0.15, -0.1) is 0 Å². The van der Waals surface area contributed by atoms with E-state index in [4.69, 9.17) is 4.74 Å². The van der Waals surface area contributed by atoms with Gasteiger partial charge in [-0.2, -0.15) is 0 Å². The lowest BCUT2D eigenvalue weighted by atomic mass is 9.99. The van der Waals surface area contributed by atoms with Gasteiger partial charge < -0.3 is 19.9 Å². The van der Waals surface area contributed by atoms with Crippen LogP contribution in [0.5, 0.6) is 0 Å². The molecule has 3 aliphatic rings. The molecule has 9 heteroatoms. The number of amides is 1. The van der Waals surface area contributed by atoms with Crippen molar-refractivity contribution in [2.45, 2.75) is 57.4 Å². The molecule has 1 N–H and O–H groups in total. The lowest BCUT2D eigenvalue weighted by Crippen LogP contribution is -2.52. The predicted octanol–water partition coefficient (Wildman–Crippen LogP) is 3.43. The minimum atomic E-state index is -0.960. The van der Waals surface area contributed by atoms with Gasteiger partial charge in [-0.1, -0.05) is 22.0 Å². The number of ether oxygens (including phenoxy) is 1. The summed E-state index contributed by atoms with van der Waals surface area (Å²) in [5, 5.41) is 3.45. The van der Waals surface area contributed by atoms with Crippen molar-refractivity contribution in [1.82, 2.24) is 20.2 Å². The summed E-state index contributed by atoms with van der Waals surface area (Å²) in [6.07, 6.45) is 3.81. The third-order valence-corrected chi connectivity index (χ3v) is 7.75. The van der Waals surface area contributed by atoms with Gasteiger partial charge >= 0.3 is 0 Å². The molecule has 0 bridgehead atoms. The van der Waals surface area contributed by atoms with E-state index in [-0.39, 0.29) is 24.6 Å². The lowest BCUT2D eigenvalue weighted by molar-refractivity contribution is 0.00840. The van der Waals surface area contributed by atoms with Crippen LogP contribution in [0.1, 0.15) is 46.4 Å². The van der Waals surface area contributed by atoms with Crippen molar-refractivity contribution in [1.29, 1.82) is 0 Å². The maximum absolute atomic E-state index is 14.1. The van der Waals surface area contributed by atoms with Crippen LogP contribution in [0.4, 0.5) is 10.2 Å². The van der Waals surface area contributed by atoms with Gasteiger partial charge in [-0.05, 0) is 55.9 Å². The molecule has 2 aromatic rings. The number of nitrogens with zero attached hydrogens (tertiary/aromatic N) is 4. The molecule has 7 nitrogen and oxygen atoms in total. The fraction of sp³-hybridized carbons (Fsp3) is 0.560. The average Bonchev–Trinajstić information content (AvgIpc) is 2.85. The Hall–Kier alpha value is -2.10. The van der Waals surface area contributed by atoms with Crippen LogP contribution in [0.15, 0.2) is 29.0 Å². The molecule has 3 aliphatic heterocycles. The van der Waals surface area contributed by atoms with Crippen LogP contribution in [-0.2, 0) is 17.7 Å². The molecule has 34 heavy (non-hydrogen) atoms. The Balaban J connectivity index is 1.23. The molecule has 2 saturated heterocycles. The average molecular weight is 532 g/mol. The smallest absolute Gasteiger partial charge is 0.272 e. The van der Waals surface area contributed by atoms with Gasteiger partial charge in [0.25, 0.3) is 5.91 Å². The van der Waals surface area contributed by atoms with Gasteiger partial charge in [0.2, 0.25) is 0 Å². The number of nitrogens with one attached hydrogen (secondary N) is 1. The molecule has 2 fully saturated rings. The Morgan fingerprint density at radius 1 is 1.18 bits per heavy atom. The first kappa shape index (κ1) is 23.6. The second-order valence-electron chi connectivity index (χ2n) is 9.47. The molecular weight excluding hydrogens is 501 g/mol. The van der Waals surface area contributed by atoms with Crippen molar-refractivity contribution in [3.05, 3.63) is 51.4 Å². The zero-order chi connectivity index (χ0) is 23.7. The summed E-state index contributed by atoms with van der Waals surface area (Å²) in [7, 11) is 0. The summed E-state index contributed by atoms with van der Waals surface area (Å²) in [5.74, 6) is 0.781. The molecule has 1 aromatic heterocycles. The third kappa shape index (κ3) is 4.97. The monoisotopic (exact) mass is 531 g/mol. The van der Waals surface area contributed by atoms with Crippen LogP contribution < -0.4 is 10.2 Å². The summed E-state index contributed by atoms with van der Waals surface area (Å²) < 4.78 is 20.4. The van der Waals surface area contributed by atoms with Crippen LogP contribution in [0.3, 0.4) is 0 Å². The molecule has 0 spiro atoms. The number of alkyl halides is 1. The number of benzene rings is 1. The van der Waals surface area contributed by atoms with E-state index in [1.165, 1.54) is 17.5 Å². The fourth-order valence-electron chi connectivity index (χ4n) is 5.27. The van der Waals surface area contributed by atoms with Crippen molar-refractivity contribution >= 4 is 27.7 Å². The Morgan fingerprint density at radius 3 is 2.79 bits per heavy atom. The summed E-state index contributed by atoms with van der Waals surface area (Å²) in [6, 6.07) is 6.49. The van der Waals surface area contributed by atoms with Gasteiger partial charge in [0.1, 0.15) is 24.0 Å². The number of carbonyl (C=O) groups is 1. The Labute approximate surface area is 208 Å². The van der Waals surface area contributed by atoms with Crippen molar-refractivity contribution < 1.29 is 13.9 Å². The SMILES string of the molecule is Cc1c(C(=O)N2CCC(N[C@@H]3CCOC[C@@H]3F)CC2)ncnc1N1CCc2ccc(Br)cc2C1. The van der Waals surface area contributed by atoms with E-state index < -0.39 is 6.17 Å². The molecule has 1 aromatic carbocycles. The van der Waals surface area contributed by atoms with Gasteiger partial charge in [0, 0.05) is 54.9 Å². The molecule has 0 aliphatic carbocycles. The van der Waals surface area contributed by atoms with E-state index in [9.17, 15) is 9.18 Å². The van der Waals surface area contributed by atoms with Crippen LogP contribution in [0, 0.1) is 6.92 Å². The minimum absolute atomic E-state index is 0.0470. The second kappa shape index (κ2) is 10.3.